The zero-order valence-electron chi connectivity index (χ0n) is 11.2. The van der Waals surface area contributed by atoms with Gasteiger partial charge in [0.15, 0.2) is 0 Å². The standard InChI is InChI=1S/C14H26ClNO/c1-11(2)8-13(10-15)16-14(17)9-12-6-4-3-5-7-12/h11-13H,3-10H2,1-2H3,(H,16,17). The fourth-order valence-corrected chi connectivity index (χ4v) is 2.87. The smallest absolute Gasteiger partial charge is 0.220 e. The molecule has 1 fully saturated rings. The van der Waals surface area contributed by atoms with E-state index in [0.717, 1.165) is 6.42 Å². The normalized spacial score (nSPS) is 19.3. The van der Waals surface area contributed by atoms with E-state index >= 15 is 0 Å². The van der Waals surface area contributed by atoms with Gasteiger partial charge in [-0.3, -0.25) is 4.79 Å². The first-order chi connectivity index (χ1) is 8.11. The number of rotatable bonds is 6. The molecule has 0 radical (unpaired) electrons. The summed E-state index contributed by atoms with van der Waals surface area (Å²) in [6.45, 7) is 4.32. The Bertz CT molecular complexity index is 224. The van der Waals surface area contributed by atoms with Gasteiger partial charge in [-0.15, -0.1) is 11.6 Å². The summed E-state index contributed by atoms with van der Waals surface area (Å²) in [5, 5.41) is 3.07. The van der Waals surface area contributed by atoms with Crippen molar-refractivity contribution in [1.82, 2.24) is 5.32 Å². The van der Waals surface area contributed by atoms with Crippen molar-refractivity contribution >= 4 is 17.5 Å². The van der Waals surface area contributed by atoms with E-state index in [1.54, 1.807) is 0 Å². The van der Waals surface area contributed by atoms with Crippen LogP contribution in [0.5, 0.6) is 0 Å². The molecule has 100 valence electrons. The van der Waals surface area contributed by atoms with Crippen molar-refractivity contribution in [3.05, 3.63) is 0 Å². The van der Waals surface area contributed by atoms with Crippen molar-refractivity contribution in [3.63, 3.8) is 0 Å². The number of nitrogens with one attached hydrogen (secondary N) is 1. The third kappa shape index (κ3) is 6.30. The summed E-state index contributed by atoms with van der Waals surface area (Å²) in [6.07, 6.45) is 8.05. The molecule has 3 heteroatoms. The van der Waals surface area contributed by atoms with Crippen molar-refractivity contribution in [2.75, 3.05) is 5.88 Å². The Morgan fingerprint density at radius 1 is 1.29 bits per heavy atom. The number of carbonyl (C=O) groups excluding carboxylic acids is 1. The van der Waals surface area contributed by atoms with Gasteiger partial charge >= 0.3 is 0 Å². The molecule has 1 atom stereocenters. The Labute approximate surface area is 110 Å². The van der Waals surface area contributed by atoms with E-state index in [0.29, 0.717) is 24.1 Å². The van der Waals surface area contributed by atoms with Crippen LogP contribution in [0.3, 0.4) is 0 Å². The van der Waals surface area contributed by atoms with Gasteiger partial charge in [-0.1, -0.05) is 33.1 Å². The van der Waals surface area contributed by atoms with E-state index in [2.05, 4.69) is 19.2 Å². The maximum absolute atomic E-state index is 11.9. The molecule has 1 rings (SSSR count). The molecule has 1 unspecified atom stereocenters. The minimum Gasteiger partial charge on any atom is -0.352 e. The molecule has 0 aliphatic heterocycles. The first-order valence-electron chi connectivity index (χ1n) is 6.97. The lowest BCUT2D eigenvalue weighted by molar-refractivity contribution is -0.122. The first-order valence-corrected chi connectivity index (χ1v) is 7.50. The molecule has 1 aliphatic rings. The second-order valence-electron chi connectivity index (χ2n) is 5.76. The number of carbonyl (C=O) groups is 1. The quantitative estimate of drug-likeness (QED) is 0.724. The van der Waals surface area contributed by atoms with Gasteiger partial charge in [0.2, 0.25) is 5.91 Å². The molecule has 17 heavy (non-hydrogen) atoms. The molecule has 2 nitrogen and oxygen atoms in total. The SMILES string of the molecule is CC(C)CC(CCl)NC(=O)CC1CCCCC1. The predicted octanol–water partition coefficient (Wildman–Crippen LogP) is 3.73. The molecule has 1 N–H and O–H groups in total. The maximum Gasteiger partial charge on any atom is 0.220 e. The van der Waals surface area contributed by atoms with Crippen LogP contribution in [0.15, 0.2) is 0 Å². The van der Waals surface area contributed by atoms with E-state index in [-0.39, 0.29) is 11.9 Å². The van der Waals surface area contributed by atoms with E-state index in [1.807, 2.05) is 0 Å². The van der Waals surface area contributed by atoms with Gasteiger partial charge in [0.1, 0.15) is 0 Å². The van der Waals surface area contributed by atoms with Crippen molar-refractivity contribution in [2.24, 2.45) is 11.8 Å². The highest BCUT2D eigenvalue weighted by atomic mass is 35.5. The van der Waals surface area contributed by atoms with Crippen molar-refractivity contribution in [1.29, 1.82) is 0 Å². The Morgan fingerprint density at radius 3 is 2.47 bits per heavy atom. The van der Waals surface area contributed by atoms with Crippen LogP contribution in [0.4, 0.5) is 0 Å². The van der Waals surface area contributed by atoms with Crippen LogP contribution in [0, 0.1) is 11.8 Å². The van der Waals surface area contributed by atoms with E-state index in [4.69, 9.17) is 11.6 Å². The van der Waals surface area contributed by atoms with Crippen molar-refractivity contribution in [3.8, 4) is 0 Å². The molecular formula is C14H26ClNO. The average molecular weight is 260 g/mol. The maximum atomic E-state index is 11.9. The monoisotopic (exact) mass is 259 g/mol. The minimum absolute atomic E-state index is 0.146. The highest BCUT2D eigenvalue weighted by molar-refractivity contribution is 6.18. The molecule has 1 aliphatic carbocycles. The Hall–Kier alpha value is -0.240. The van der Waals surface area contributed by atoms with Gasteiger partial charge in [-0.05, 0) is 31.1 Å². The molecule has 1 amide bonds. The van der Waals surface area contributed by atoms with Gasteiger partial charge in [-0.2, -0.15) is 0 Å². The molecule has 0 aromatic rings. The summed E-state index contributed by atoms with van der Waals surface area (Å²) < 4.78 is 0. The van der Waals surface area contributed by atoms with Crippen LogP contribution in [0.25, 0.3) is 0 Å². The van der Waals surface area contributed by atoms with Gasteiger partial charge in [0.05, 0.1) is 0 Å². The number of hydrogen-bond acceptors (Lipinski definition) is 1. The topological polar surface area (TPSA) is 29.1 Å². The Kier molecular flexibility index (Phi) is 6.94. The molecule has 0 saturated heterocycles. The zero-order valence-corrected chi connectivity index (χ0v) is 11.9. The lowest BCUT2D eigenvalue weighted by atomic mass is 9.87. The summed E-state index contributed by atoms with van der Waals surface area (Å²) in [6, 6.07) is 0.146. The molecular weight excluding hydrogens is 234 g/mol. The fraction of sp³-hybridized carbons (Fsp3) is 0.929. The van der Waals surface area contributed by atoms with Crippen molar-refractivity contribution < 1.29 is 4.79 Å². The van der Waals surface area contributed by atoms with Gasteiger partial charge < -0.3 is 5.32 Å². The predicted molar refractivity (Wildman–Crippen MR) is 73.3 cm³/mol. The molecule has 0 aromatic carbocycles. The summed E-state index contributed by atoms with van der Waals surface area (Å²) in [5.74, 6) is 1.91. The largest absolute Gasteiger partial charge is 0.352 e. The minimum atomic E-state index is 0.146. The number of amides is 1. The van der Waals surface area contributed by atoms with Crippen LogP contribution in [0.2, 0.25) is 0 Å². The number of alkyl halides is 1. The number of hydrogen-bond donors (Lipinski definition) is 1. The number of halogens is 1. The lowest BCUT2D eigenvalue weighted by Gasteiger charge is -2.23. The van der Waals surface area contributed by atoms with Crippen LogP contribution in [0.1, 0.15) is 58.8 Å². The second kappa shape index (κ2) is 7.97. The van der Waals surface area contributed by atoms with Crippen LogP contribution >= 0.6 is 11.6 Å². The summed E-state index contributed by atoms with van der Waals surface area (Å²) in [7, 11) is 0. The third-order valence-corrected chi connectivity index (χ3v) is 3.88. The molecule has 0 bridgehead atoms. The van der Waals surface area contributed by atoms with Crippen LogP contribution < -0.4 is 5.32 Å². The van der Waals surface area contributed by atoms with E-state index in [1.165, 1.54) is 32.1 Å². The van der Waals surface area contributed by atoms with E-state index < -0.39 is 0 Å². The highest BCUT2D eigenvalue weighted by Crippen LogP contribution is 2.26. The molecule has 0 aromatic heterocycles. The fourth-order valence-electron chi connectivity index (χ4n) is 2.67. The first kappa shape index (κ1) is 14.8. The highest BCUT2D eigenvalue weighted by Gasteiger charge is 2.19. The van der Waals surface area contributed by atoms with Crippen LogP contribution in [-0.2, 0) is 4.79 Å². The molecule has 1 saturated carbocycles. The summed E-state index contributed by atoms with van der Waals surface area (Å²) in [5.41, 5.74) is 0. The Morgan fingerprint density at radius 2 is 1.94 bits per heavy atom. The van der Waals surface area contributed by atoms with E-state index in [9.17, 15) is 4.79 Å². The van der Waals surface area contributed by atoms with Gasteiger partial charge in [-0.25, -0.2) is 0 Å². The summed E-state index contributed by atoms with van der Waals surface area (Å²) in [4.78, 5) is 11.9. The van der Waals surface area contributed by atoms with Crippen molar-refractivity contribution in [2.45, 2.75) is 64.8 Å². The second-order valence-corrected chi connectivity index (χ2v) is 6.07. The van der Waals surface area contributed by atoms with Gasteiger partial charge in [0.25, 0.3) is 0 Å². The molecule has 0 heterocycles. The average Bonchev–Trinajstić information content (AvgIpc) is 2.28. The Balaban J connectivity index is 2.26. The zero-order chi connectivity index (χ0) is 12.7. The third-order valence-electron chi connectivity index (χ3n) is 3.51. The molecule has 0 spiro atoms. The lowest BCUT2D eigenvalue weighted by Crippen LogP contribution is -2.38. The summed E-state index contributed by atoms with van der Waals surface area (Å²) >= 11 is 5.88. The van der Waals surface area contributed by atoms with Gasteiger partial charge in [0, 0.05) is 18.3 Å². The van der Waals surface area contributed by atoms with Crippen LogP contribution in [-0.4, -0.2) is 17.8 Å².